The van der Waals surface area contributed by atoms with Gasteiger partial charge in [-0.1, -0.05) is 12.7 Å². The number of rotatable bonds is 5. The number of carboxylic acid groups (broad SMARTS) is 1. The minimum atomic E-state index is -0.799. The maximum atomic E-state index is 10.8. The lowest BCUT2D eigenvalue weighted by Crippen LogP contribution is -2.40. The summed E-state index contributed by atoms with van der Waals surface area (Å²) in [6, 6.07) is -0.439. The quantitative estimate of drug-likeness (QED) is 0.395. The van der Waals surface area contributed by atoms with E-state index in [1.165, 1.54) is 0 Å². The van der Waals surface area contributed by atoms with Crippen LogP contribution in [-0.2, 0) is 4.79 Å². The van der Waals surface area contributed by atoms with Crippen LogP contribution in [0.15, 0.2) is 0 Å². The molecular formula is C8H16BN2O3. The van der Waals surface area contributed by atoms with E-state index < -0.39 is 12.0 Å². The van der Waals surface area contributed by atoms with Gasteiger partial charge in [0.1, 0.15) is 6.04 Å². The lowest BCUT2D eigenvalue weighted by Gasteiger charge is -2.21. The van der Waals surface area contributed by atoms with Crippen molar-refractivity contribution in [3.63, 3.8) is 0 Å². The van der Waals surface area contributed by atoms with Gasteiger partial charge in [0.05, 0.1) is 0 Å². The van der Waals surface area contributed by atoms with Crippen LogP contribution in [0, 0.1) is 0 Å². The molecule has 14 heavy (non-hydrogen) atoms. The van der Waals surface area contributed by atoms with Crippen LogP contribution in [0.25, 0.3) is 0 Å². The van der Waals surface area contributed by atoms with Gasteiger partial charge in [0.25, 0.3) is 7.48 Å². The summed E-state index contributed by atoms with van der Waals surface area (Å²) in [6.07, 6.45) is 2.23. The van der Waals surface area contributed by atoms with Crippen LogP contribution >= 0.6 is 0 Å². The molecule has 1 radical (unpaired) electrons. The third-order valence-corrected chi connectivity index (χ3v) is 2.61. The number of hydrogen-bond donors (Lipinski definition) is 3. The lowest BCUT2D eigenvalue weighted by molar-refractivity contribution is -0.139. The number of likely N-dealkylation sites (N-methyl/N-ethyl adjacent to an activating group) is 1. The number of carbonyl (C=O) groups is 1. The second kappa shape index (κ2) is 5.33. The van der Waals surface area contributed by atoms with Crippen LogP contribution in [-0.4, -0.2) is 54.3 Å². The Balaban J connectivity index is 2.41. The molecule has 0 bridgehead atoms. The third kappa shape index (κ3) is 2.70. The largest absolute Gasteiger partial charge is 0.480 e. The Morgan fingerprint density at radius 1 is 1.71 bits per heavy atom. The minimum Gasteiger partial charge on any atom is -0.480 e. The molecule has 1 aliphatic rings. The number of nitrogens with zero attached hydrogens (tertiary/aromatic N) is 1. The summed E-state index contributed by atoms with van der Waals surface area (Å²) in [6.45, 7) is 0.616. The normalized spacial score (nSPS) is 27.9. The average molecular weight is 199 g/mol. The van der Waals surface area contributed by atoms with Gasteiger partial charge in [-0.15, -0.1) is 0 Å². The molecule has 3 N–H and O–H groups in total. The number of hydrogen-bond acceptors (Lipinski definition) is 4. The van der Waals surface area contributed by atoms with Crippen LogP contribution in [0.4, 0.5) is 0 Å². The summed E-state index contributed by atoms with van der Waals surface area (Å²) in [4.78, 5) is 12.8. The van der Waals surface area contributed by atoms with E-state index in [4.69, 9.17) is 10.1 Å². The predicted octanol–water partition coefficient (Wildman–Crippen LogP) is -0.889. The van der Waals surface area contributed by atoms with Gasteiger partial charge in [0.2, 0.25) is 0 Å². The van der Waals surface area contributed by atoms with Crippen molar-refractivity contribution in [3.8, 4) is 0 Å². The minimum absolute atomic E-state index is 0.0347. The summed E-state index contributed by atoms with van der Waals surface area (Å²) >= 11 is 0. The summed E-state index contributed by atoms with van der Waals surface area (Å²) in [5.74, 6) is -0.799. The molecule has 1 rings (SSSR count). The molecule has 2 atom stereocenters. The van der Waals surface area contributed by atoms with Crippen molar-refractivity contribution in [2.75, 3.05) is 13.7 Å². The molecule has 1 heterocycles. The monoisotopic (exact) mass is 199 g/mol. The molecule has 1 saturated heterocycles. The smallest absolute Gasteiger partial charge is 0.322 e. The third-order valence-electron chi connectivity index (χ3n) is 2.61. The topological polar surface area (TPSA) is 72.8 Å². The first-order chi connectivity index (χ1) is 6.66. The van der Waals surface area contributed by atoms with Crippen molar-refractivity contribution < 1.29 is 14.9 Å². The molecule has 1 fully saturated rings. The lowest BCUT2D eigenvalue weighted by atomic mass is 9.90. The molecule has 0 aromatic carbocycles. The van der Waals surface area contributed by atoms with Crippen LogP contribution in [0.2, 0.25) is 6.32 Å². The van der Waals surface area contributed by atoms with Gasteiger partial charge >= 0.3 is 5.97 Å². The molecule has 0 aromatic heterocycles. The Morgan fingerprint density at radius 2 is 2.43 bits per heavy atom. The van der Waals surface area contributed by atoms with Gasteiger partial charge in [-0.05, 0) is 13.5 Å². The molecule has 0 amide bonds. The van der Waals surface area contributed by atoms with Gasteiger partial charge in [-0.2, -0.15) is 0 Å². The molecule has 0 spiro atoms. The van der Waals surface area contributed by atoms with Crippen molar-refractivity contribution in [2.24, 2.45) is 0 Å². The highest BCUT2D eigenvalue weighted by Gasteiger charge is 2.35. The fourth-order valence-corrected chi connectivity index (χ4v) is 1.81. The van der Waals surface area contributed by atoms with Crippen LogP contribution in [0.3, 0.4) is 0 Å². The van der Waals surface area contributed by atoms with E-state index in [-0.39, 0.29) is 6.04 Å². The fourth-order valence-electron chi connectivity index (χ4n) is 1.81. The maximum absolute atomic E-state index is 10.8. The van der Waals surface area contributed by atoms with Crippen molar-refractivity contribution >= 4 is 13.5 Å². The van der Waals surface area contributed by atoms with E-state index in [0.717, 1.165) is 20.3 Å². The fraction of sp³-hybridized carbons (Fsp3) is 0.875. The molecule has 0 saturated carbocycles. The van der Waals surface area contributed by atoms with E-state index in [2.05, 4.69) is 5.32 Å². The van der Waals surface area contributed by atoms with Gasteiger partial charge in [-0.3, -0.25) is 15.0 Å². The molecule has 0 aliphatic carbocycles. The Labute approximate surface area is 84.4 Å². The zero-order chi connectivity index (χ0) is 10.6. The highest BCUT2D eigenvalue weighted by molar-refractivity contribution is 6.25. The second-order valence-corrected chi connectivity index (χ2v) is 3.62. The zero-order valence-electron chi connectivity index (χ0n) is 8.31. The van der Waals surface area contributed by atoms with Crippen LogP contribution < -0.4 is 5.32 Å². The molecule has 1 unspecified atom stereocenters. The second-order valence-electron chi connectivity index (χ2n) is 3.62. The van der Waals surface area contributed by atoms with E-state index >= 15 is 0 Å². The SMILES string of the molecule is CN1CN[C@H](C(=O)O)C1CCC[B]O. The van der Waals surface area contributed by atoms with Gasteiger partial charge in [0, 0.05) is 12.7 Å². The predicted molar refractivity (Wildman–Crippen MR) is 53.0 cm³/mol. The molecular weight excluding hydrogens is 183 g/mol. The average Bonchev–Trinajstić information content (AvgIpc) is 2.48. The van der Waals surface area contributed by atoms with E-state index in [1.807, 2.05) is 11.9 Å². The molecule has 1 aliphatic heterocycles. The highest BCUT2D eigenvalue weighted by atomic mass is 16.4. The highest BCUT2D eigenvalue weighted by Crippen LogP contribution is 2.16. The number of aliphatic carboxylic acids is 1. The molecule has 0 aromatic rings. The van der Waals surface area contributed by atoms with Crippen LogP contribution in [0.5, 0.6) is 0 Å². The Morgan fingerprint density at radius 3 is 3.00 bits per heavy atom. The van der Waals surface area contributed by atoms with Crippen molar-refractivity contribution in [2.45, 2.75) is 31.2 Å². The summed E-state index contributed by atoms with van der Waals surface area (Å²) < 4.78 is 0. The first-order valence-electron chi connectivity index (χ1n) is 4.79. The molecule has 5 nitrogen and oxygen atoms in total. The van der Waals surface area contributed by atoms with Crippen molar-refractivity contribution in [1.29, 1.82) is 0 Å². The first kappa shape index (κ1) is 11.5. The Hall–Kier alpha value is -0.585. The standard InChI is InChI=1S/C8H16BN2O3/c1-11-5-10-7(8(12)13)6(11)3-2-4-9-14/h6-7,10,14H,2-5H2,1H3,(H,12,13)/t6?,7-/m0/s1. The van der Waals surface area contributed by atoms with E-state index in [0.29, 0.717) is 13.0 Å². The zero-order valence-corrected chi connectivity index (χ0v) is 8.31. The van der Waals surface area contributed by atoms with Gasteiger partial charge < -0.3 is 10.1 Å². The maximum Gasteiger partial charge on any atom is 0.322 e. The van der Waals surface area contributed by atoms with Crippen LogP contribution in [0.1, 0.15) is 12.8 Å². The molecule has 6 heteroatoms. The van der Waals surface area contributed by atoms with Crippen molar-refractivity contribution in [1.82, 2.24) is 10.2 Å². The summed E-state index contributed by atoms with van der Waals surface area (Å²) in [5.41, 5.74) is 0. The first-order valence-corrected chi connectivity index (χ1v) is 4.79. The Bertz CT molecular complexity index is 203. The number of nitrogens with one attached hydrogen (secondary N) is 1. The van der Waals surface area contributed by atoms with Crippen molar-refractivity contribution in [3.05, 3.63) is 0 Å². The Kier molecular flexibility index (Phi) is 4.38. The van der Waals surface area contributed by atoms with E-state index in [1.54, 1.807) is 0 Å². The van der Waals surface area contributed by atoms with Gasteiger partial charge in [-0.25, -0.2) is 0 Å². The van der Waals surface area contributed by atoms with Gasteiger partial charge in [0.15, 0.2) is 0 Å². The number of carboxylic acids is 1. The molecule has 79 valence electrons. The summed E-state index contributed by atoms with van der Waals surface area (Å²) in [5, 5.41) is 20.4. The summed E-state index contributed by atoms with van der Waals surface area (Å²) in [7, 11) is 3.03. The van der Waals surface area contributed by atoms with E-state index in [9.17, 15) is 4.79 Å².